The molecule has 23 heavy (non-hydrogen) atoms. The molecule has 1 aliphatic rings. The lowest BCUT2D eigenvalue weighted by atomic mass is 9.91. The van der Waals surface area contributed by atoms with Crippen LogP contribution in [-0.4, -0.2) is 18.9 Å². The average Bonchev–Trinajstić information content (AvgIpc) is 2.56. The standard InChI is InChI=1S/C19H23N3O/c1-14-13-18(21-16-9-7-15(20)8-10-16)17-5-2-3-6-19(17)22(14)11-4-12-23/h2-3,5-10,12,14,18,21H,4,11,13,20H2,1H3. The van der Waals surface area contributed by atoms with Crippen molar-refractivity contribution in [3.8, 4) is 0 Å². The molecule has 2 atom stereocenters. The largest absolute Gasteiger partial charge is 0.399 e. The van der Waals surface area contributed by atoms with Crippen LogP contribution in [0.4, 0.5) is 17.1 Å². The Morgan fingerprint density at radius 1 is 1.22 bits per heavy atom. The van der Waals surface area contributed by atoms with Crippen LogP contribution in [0.3, 0.4) is 0 Å². The van der Waals surface area contributed by atoms with E-state index in [0.717, 1.165) is 30.6 Å². The third-order valence-corrected chi connectivity index (χ3v) is 4.47. The highest BCUT2D eigenvalue weighted by molar-refractivity contribution is 5.62. The maximum atomic E-state index is 10.7. The van der Waals surface area contributed by atoms with Gasteiger partial charge < -0.3 is 20.7 Å². The number of hydrogen-bond donors (Lipinski definition) is 2. The number of nitrogen functional groups attached to an aromatic ring is 1. The van der Waals surface area contributed by atoms with Crippen molar-refractivity contribution in [2.45, 2.75) is 31.8 Å². The van der Waals surface area contributed by atoms with Crippen molar-refractivity contribution in [3.63, 3.8) is 0 Å². The van der Waals surface area contributed by atoms with Gasteiger partial charge in [0.25, 0.3) is 0 Å². The average molecular weight is 309 g/mol. The van der Waals surface area contributed by atoms with E-state index in [0.29, 0.717) is 12.5 Å². The Balaban J connectivity index is 1.87. The molecule has 0 spiro atoms. The fourth-order valence-electron chi connectivity index (χ4n) is 3.33. The summed E-state index contributed by atoms with van der Waals surface area (Å²) in [5.41, 5.74) is 10.1. The summed E-state index contributed by atoms with van der Waals surface area (Å²) in [7, 11) is 0. The molecule has 4 heteroatoms. The van der Waals surface area contributed by atoms with Gasteiger partial charge in [-0.3, -0.25) is 0 Å². The predicted molar refractivity (Wildman–Crippen MR) is 95.8 cm³/mol. The molecule has 0 amide bonds. The molecule has 2 unspecified atom stereocenters. The molecule has 1 heterocycles. The van der Waals surface area contributed by atoms with Gasteiger partial charge >= 0.3 is 0 Å². The van der Waals surface area contributed by atoms with Gasteiger partial charge in [-0.05, 0) is 49.2 Å². The third-order valence-electron chi connectivity index (χ3n) is 4.47. The number of carbonyl (C=O) groups excluding carboxylic acids is 1. The number of aldehydes is 1. The normalized spacial score (nSPS) is 20.0. The van der Waals surface area contributed by atoms with E-state index in [1.807, 2.05) is 24.3 Å². The number of rotatable bonds is 5. The Kier molecular flexibility index (Phi) is 4.51. The summed E-state index contributed by atoms with van der Waals surface area (Å²) in [4.78, 5) is 13.1. The molecule has 0 radical (unpaired) electrons. The van der Waals surface area contributed by atoms with Gasteiger partial charge in [0.05, 0.1) is 6.04 Å². The van der Waals surface area contributed by atoms with E-state index < -0.39 is 0 Å². The monoisotopic (exact) mass is 309 g/mol. The summed E-state index contributed by atoms with van der Waals surface area (Å²) in [6.45, 7) is 2.99. The summed E-state index contributed by atoms with van der Waals surface area (Å²) in [6.07, 6.45) is 2.56. The van der Waals surface area contributed by atoms with Crippen LogP contribution < -0.4 is 16.0 Å². The van der Waals surface area contributed by atoms with E-state index in [2.05, 4.69) is 41.4 Å². The number of hydrogen-bond acceptors (Lipinski definition) is 4. The fourth-order valence-corrected chi connectivity index (χ4v) is 3.33. The SMILES string of the molecule is CC1CC(Nc2ccc(N)cc2)c2ccccc2N1CCC=O. The molecule has 0 aromatic heterocycles. The number of benzene rings is 2. The van der Waals surface area contributed by atoms with Crippen LogP contribution in [0.15, 0.2) is 48.5 Å². The highest BCUT2D eigenvalue weighted by atomic mass is 16.1. The lowest BCUT2D eigenvalue weighted by molar-refractivity contribution is -0.107. The van der Waals surface area contributed by atoms with Crippen molar-refractivity contribution in [2.24, 2.45) is 0 Å². The van der Waals surface area contributed by atoms with Crippen molar-refractivity contribution in [1.29, 1.82) is 0 Å². The lowest BCUT2D eigenvalue weighted by Gasteiger charge is -2.41. The number of anilines is 3. The molecule has 0 saturated carbocycles. The van der Waals surface area contributed by atoms with Crippen LogP contribution in [0.1, 0.15) is 31.4 Å². The van der Waals surface area contributed by atoms with Crippen molar-refractivity contribution >= 4 is 23.3 Å². The number of nitrogens with two attached hydrogens (primary N) is 1. The van der Waals surface area contributed by atoms with Crippen molar-refractivity contribution in [2.75, 3.05) is 22.5 Å². The highest BCUT2D eigenvalue weighted by Gasteiger charge is 2.29. The van der Waals surface area contributed by atoms with Crippen molar-refractivity contribution in [3.05, 3.63) is 54.1 Å². The summed E-state index contributed by atoms with van der Waals surface area (Å²) < 4.78 is 0. The molecule has 1 aliphatic heterocycles. The van der Waals surface area contributed by atoms with Crippen LogP contribution >= 0.6 is 0 Å². The summed E-state index contributed by atoms with van der Waals surface area (Å²) in [5.74, 6) is 0. The molecule has 4 nitrogen and oxygen atoms in total. The first-order valence-corrected chi connectivity index (χ1v) is 8.10. The molecule has 3 rings (SSSR count). The minimum atomic E-state index is 0.261. The summed E-state index contributed by atoms with van der Waals surface area (Å²) in [5, 5.41) is 3.62. The molecule has 0 bridgehead atoms. The van der Waals surface area contributed by atoms with Crippen molar-refractivity contribution in [1.82, 2.24) is 0 Å². The summed E-state index contributed by atoms with van der Waals surface area (Å²) in [6, 6.07) is 17.0. The number of fused-ring (bicyclic) bond motifs is 1. The van der Waals surface area contributed by atoms with Gasteiger partial charge in [0.1, 0.15) is 6.29 Å². The Morgan fingerprint density at radius 3 is 2.70 bits per heavy atom. The number of carbonyl (C=O) groups is 1. The Labute approximate surface area is 137 Å². The summed E-state index contributed by atoms with van der Waals surface area (Å²) >= 11 is 0. The van der Waals surface area contributed by atoms with Crippen LogP contribution in [0.2, 0.25) is 0 Å². The Hall–Kier alpha value is -2.49. The first-order chi connectivity index (χ1) is 11.2. The molecular formula is C19H23N3O. The molecule has 120 valence electrons. The first kappa shape index (κ1) is 15.4. The molecule has 3 N–H and O–H groups in total. The van der Waals surface area contributed by atoms with Gasteiger partial charge in [-0.1, -0.05) is 18.2 Å². The van der Waals surface area contributed by atoms with Gasteiger partial charge in [0.15, 0.2) is 0 Å². The third kappa shape index (κ3) is 3.31. The maximum Gasteiger partial charge on any atom is 0.121 e. The predicted octanol–water partition coefficient (Wildman–Crippen LogP) is 3.61. The van der Waals surface area contributed by atoms with Gasteiger partial charge in [-0.25, -0.2) is 0 Å². The zero-order valence-corrected chi connectivity index (χ0v) is 13.4. The maximum absolute atomic E-state index is 10.7. The van der Waals surface area contributed by atoms with Crippen LogP contribution in [0, 0.1) is 0 Å². The topological polar surface area (TPSA) is 58.4 Å². The molecule has 0 aliphatic carbocycles. The zero-order chi connectivity index (χ0) is 16.2. The van der Waals surface area contributed by atoms with E-state index >= 15 is 0 Å². The van der Waals surface area contributed by atoms with Crippen molar-refractivity contribution < 1.29 is 4.79 Å². The fraction of sp³-hybridized carbons (Fsp3) is 0.316. The smallest absolute Gasteiger partial charge is 0.121 e. The van der Waals surface area contributed by atoms with E-state index in [9.17, 15) is 4.79 Å². The molecule has 2 aromatic carbocycles. The number of nitrogens with zero attached hydrogens (tertiary/aromatic N) is 1. The minimum Gasteiger partial charge on any atom is -0.399 e. The second-order valence-corrected chi connectivity index (χ2v) is 6.11. The van der Waals surface area contributed by atoms with Gasteiger partial charge in [0, 0.05) is 36.1 Å². The molecule has 2 aromatic rings. The lowest BCUT2D eigenvalue weighted by Crippen LogP contribution is -2.41. The number of para-hydroxylation sites is 1. The van der Waals surface area contributed by atoms with E-state index in [-0.39, 0.29) is 6.04 Å². The number of nitrogens with one attached hydrogen (secondary N) is 1. The second-order valence-electron chi connectivity index (χ2n) is 6.11. The van der Waals surface area contributed by atoms with E-state index in [1.54, 1.807) is 0 Å². The Morgan fingerprint density at radius 2 is 1.96 bits per heavy atom. The van der Waals surface area contributed by atoms with E-state index in [1.165, 1.54) is 11.3 Å². The molecule has 0 saturated heterocycles. The zero-order valence-electron chi connectivity index (χ0n) is 13.4. The quantitative estimate of drug-likeness (QED) is 0.654. The highest BCUT2D eigenvalue weighted by Crippen LogP contribution is 2.38. The van der Waals surface area contributed by atoms with Crippen LogP contribution in [0.5, 0.6) is 0 Å². The second kappa shape index (κ2) is 6.73. The molecule has 0 fully saturated rings. The van der Waals surface area contributed by atoms with Gasteiger partial charge in [0.2, 0.25) is 0 Å². The molecular weight excluding hydrogens is 286 g/mol. The van der Waals surface area contributed by atoms with Crippen LogP contribution in [-0.2, 0) is 4.79 Å². The first-order valence-electron chi connectivity index (χ1n) is 8.10. The van der Waals surface area contributed by atoms with Gasteiger partial charge in [-0.15, -0.1) is 0 Å². The van der Waals surface area contributed by atoms with Gasteiger partial charge in [-0.2, -0.15) is 0 Å². The minimum absolute atomic E-state index is 0.261. The van der Waals surface area contributed by atoms with E-state index in [4.69, 9.17) is 5.73 Å². The Bertz CT molecular complexity index is 669. The van der Waals surface area contributed by atoms with Crippen LogP contribution in [0.25, 0.3) is 0 Å².